The Morgan fingerprint density at radius 1 is 1.40 bits per heavy atom. The second kappa shape index (κ2) is 4.84. The number of nitrogens with two attached hydrogens (primary N) is 1. The van der Waals surface area contributed by atoms with Crippen molar-refractivity contribution in [1.29, 1.82) is 0 Å². The fraction of sp³-hybridized carbons (Fsp3) is 0.143. The van der Waals surface area contributed by atoms with E-state index in [2.05, 4.69) is 4.98 Å². The van der Waals surface area contributed by atoms with Gasteiger partial charge < -0.3 is 5.73 Å². The zero-order chi connectivity index (χ0) is 14.4. The van der Waals surface area contributed by atoms with Gasteiger partial charge in [0, 0.05) is 15.8 Å². The predicted octanol–water partition coefficient (Wildman–Crippen LogP) is 4.39. The SMILES string of the molecule is Cc1nc2sc(C(N)=O)c(-c3cccs3)c2c(C)c1Cl. The molecule has 3 heterocycles. The molecule has 0 radical (unpaired) electrons. The summed E-state index contributed by atoms with van der Waals surface area (Å²) in [5.41, 5.74) is 8.10. The standard InChI is InChI=1S/C14H11ClN2OS2/c1-6-9-10(8-4-3-5-19-8)12(13(16)18)20-14(9)17-7(2)11(6)15/h3-5H,1-2H3,(H2,16,18). The first kappa shape index (κ1) is 13.5. The Morgan fingerprint density at radius 2 is 2.15 bits per heavy atom. The van der Waals surface area contributed by atoms with E-state index >= 15 is 0 Å². The van der Waals surface area contributed by atoms with Crippen LogP contribution < -0.4 is 5.73 Å². The maximum Gasteiger partial charge on any atom is 0.259 e. The Labute approximate surface area is 129 Å². The molecule has 0 unspecified atom stereocenters. The number of aromatic nitrogens is 1. The monoisotopic (exact) mass is 322 g/mol. The summed E-state index contributed by atoms with van der Waals surface area (Å²) >= 11 is 9.21. The molecule has 0 bridgehead atoms. The average molecular weight is 323 g/mol. The second-order valence-electron chi connectivity index (χ2n) is 4.46. The van der Waals surface area contributed by atoms with Crippen LogP contribution in [-0.2, 0) is 0 Å². The highest BCUT2D eigenvalue weighted by atomic mass is 35.5. The Hall–Kier alpha value is -1.43. The van der Waals surface area contributed by atoms with Gasteiger partial charge in [-0.05, 0) is 30.9 Å². The Morgan fingerprint density at radius 3 is 2.75 bits per heavy atom. The quantitative estimate of drug-likeness (QED) is 0.760. The minimum Gasteiger partial charge on any atom is -0.365 e. The van der Waals surface area contributed by atoms with Crippen molar-refractivity contribution < 1.29 is 4.79 Å². The van der Waals surface area contributed by atoms with Crippen molar-refractivity contribution in [2.24, 2.45) is 5.73 Å². The fourth-order valence-electron chi connectivity index (χ4n) is 2.26. The van der Waals surface area contributed by atoms with Crippen LogP contribution in [0, 0.1) is 13.8 Å². The Balaban J connectivity index is 2.49. The minimum absolute atomic E-state index is 0.426. The lowest BCUT2D eigenvalue weighted by atomic mass is 10.1. The molecule has 3 nitrogen and oxygen atoms in total. The van der Waals surface area contributed by atoms with E-state index in [-0.39, 0.29) is 0 Å². The first-order chi connectivity index (χ1) is 9.50. The van der Waals surface area contributed by atoms with Crippen LogP contribution in [0.25, 0.3) is 20.7 Å². The number of hydrogen-bond acceptors (Lipinski definition) is 4. The van der Waals surface area contributed by atoms with Crippen molar-refractivity contribution in [2.75, 3.05) is 0 Å². The number of pyridine rings is 1. The number of fused-ring (bicyclic) bond motifs is 1. The van der Waals surface area contributed by atoms with E-state index < -0.39 is 5.91 Å². The number of carbonyl (C=O) groups excluding carboxylic acids is 1. The average Bonchev–Trinajstić information content (AvgIpc) is 3.01. The molecule has 0 aliphatic carbocycles. The van der Waals surface area contributed by atoms with Gasteiger partial charge in [0.1, 0.15) is 9.71 Å². The number of aryl methyl sites for hydroxylation is 2. The molecule has 1 amide bonds. The van der Waals surface area contributed by atoms with Gasteiger partial charge in [-0.1, -0.05) is 17.7 Å². The van der Waals surface area contributed by atoms with Crippen LogP contribution >= 0.6 is 34.3 Å². The van der Waals surface area contributed by atoms with Crippen LogP contribution in [0.1, 0.15) is 20.9 Å². The lowest BCUT2D eigenvalue weighted by molar-refractivity contribution is 0.100. The number of nitrogens with zero attached hydrogens (tertiary/aromatic N) is 1. The molecule has 102 valence electrons. The first-order valence-corrected chi connectivity index (χ1v) is 8.01. The maximum atomic E-state index is 11.7. The van der Waals surface area contributed by atoms with E-state index in [1.54, 1.807) is 11.3 Å². The smallest absolute Gasteiger partial charge is 0.259 e. The van der Waals surface area contributed by atoms with Gasteiger partial charge in [-0.3, -0.25) is 4.79 Å². The molecule has 0 aromatic carbocycles. The second-order valence-corrected chi connectivity index (χ2v) is 6.79. The van der Waals surface area contributed by atoms with Crippen LogP contribution in [0.15, 0.2) is 17.5 Å². The van der Waals surface area contributed by atoms with Gasteiger partial charge >= 0.3 is 0 Å². The van der Waals surface area contributed by atoms with Gasteiger partial charge in [0.2, 0.25) is 0 Å². The normalized spacial score (nSPS) is 11.2. The summed E-state index contributed by atoms with van der Waals surface area (Å²) in [6.07, 6.45) is 0. The summed E-state index contributed by atoms with van der Waals surface area (Å²) in [5, 5.41) is 3.55. The van der Waals surface area contributed by atoms with Crippen LogP contribution in [0.5, 0.6) is 0 Å². The van der Waals surface area contributed by atoms with Crippen LogP contribution in [0.2, 0.25) is 5.02 Å². The minimum atomic E-state index is -0.426. The number of primary amides is 1. The number of carbonyl (C=O) groups is 1. The third-order valence-corrected chi connectivity index (χ3v) is 5.71. The Kier molecular flexibility index (Phi) is 3.28. The summed E-state index contributed by atoms with van der Waals surface area (Å²) in [7, 11) is 0. The highest BCUT2D eigenvalue weighted by Gasteiger charge is 2.22. The largest absolute Gasteiger partial charge is 0.365 e. The van der Waals surface area contributed by atoms with Crippen molar-refractivity contribution in [1.82, 2.24) is 4.98 Å². The van der Waals surface area contributed by atoms with E-state index in [9.17, 15) is 4.79 Å². The lowest BCUT2D eigenvalue weighted by Gasteiger charge is -2.05. The molecule has 0 aliphatic heterocycles. The molecular weight excluding hydrogens is 312 g/mol. The van der Waals surface area contributed by atoms with Gasteiger partial charge in [0.15, 0.2) is 0 Å². The molecule has 0 saturated heterocycles. The van der Waals surface area contributed by atoms with Crippen LogP contribution in [0.4, 0.5) is 0 Å². The highest BCUT2D eigenvalue weighted by Crippen LogP contribution is 2.43. The van der Waals surface area contributed by atoms with E-state index in [4.69, 9.17) is 17.3 Å². The predicted molar refractivity (Wildman–Crippen MR) is 85.9 cm³/mol. The third-order valence-electron chi connectivity index (χ3n) is 3.17. The van der Waals surface area contributed by atoms with Gasteiger partial charge in [-0.25, -0.2) is 4.98 Å². The number of halogens is 1. The van der Waals surface area contributed by atoms with Gasteiger partial charge in [0.05, 0.1) is 10.7 Å². The van der Waals surface area contributed by atoms with E-state index in [1.165, 1.54) is 11.3 Å². The first-order valence-electron chi connectivity index (χ1n) is 5.93. The third kappa shape index (κ3) is 1.93. The molecule has 0 aliphatic rings. The number of rotatable bonds is 2. The van der Waals surface area contributed by atoms with E-state index in [1.807, 2.05) is 31.4 Å². The summed E-state index contributed by atoms with van der Waals surface area (Å²) in [6, 6.07) is 3.93. The fourth-order valence-corrected chi connectivity index (χ4v) is 4.39. The number of amides is 1. The summed E-state index contributed by atoms with van der Waals surface area (Å²) in [4.78, 5) is 18.6. The lowest BCUT2D eigenvalue weighted by Crippen LogP contribution is -2.09. The van der Waals surface area contributed by atoms with Crippen LogP contribution in [-0.4, -0.2) is 10.9 Å². The molecule has 3 aromatic rings. The van der Waals surface area contributed by atoms with E-state index in [0.29, 0.717) is 9.90 Å². The molecule has 0 atom stereocenters. The van der Waals surface area contributed by atoms with Gasteiger partial charge in [-0.2, -0.15) is 0 Å². The summed E-state index contributed by atoms with van der Waals surface area (Å²) in [5.74, 6) is -0.426. The molecular formula is C14H11ClN2OS2. The Bertz CT molecular complexity index is 822. The zero-order valence-electron chi connectivity index (χ0n) is 10.9. The molecule has 0 saturated carbocycles. The number of hydrogen-bond donors (Lipinski definition) is 1. The topological polar surface area (TPSA) is 56.0 Å². The van der Waals surface area contributed by atoms with Crippen molar-refractivity contribution in [3.63, 3.8) is 0 Å². The molecule has 3 rings (SSSR count). The highest BCUT2D eigenvalue weighted by molar-refractivity contribution is 7.22. The molecule has 6 heteroatoms. The maximum absolute atomic E-state index is 11.7. The summed E-state index contributed by atoms with van der Waals surface area (Å²) < 4.78 is 0. The summed E-state index contributed by atoms with van der Waals surface area (Å²) in [6.45, 7) is 3.82. The molecule has 2 N–H and O–H groups in total. The van der Waals surface area contributed by atoms with E-state index in [0.717, 1.165) is 31.9 Å². The van der Waals surface area contributed by atoms with Crippen LogP contribution in [0.3, 0.4) is 0 Å². The van der Waals surface area contributed by atoms with Crippen molar-refractivity contribution >= 4 is 50.4 Å². The van der Waals surface area contributed by atoms with Gasteiger partial charge in [-0.15, -0.1) is 22.7 Å². The van der Waals surface area contributed by atoms with Crippen molar-refractivity contribution in [3.8, 4) is 10.4 Å². The molecule has 20 heavy (non-hydrogen) atoms. The number of thiophene rings is 2. The van der Waals surface area contributed by atoms with Gasteiger partial charge in [0.25, 0.3) is 5.91 Å². The molecule has 3 aromatic heterocycles. The zero-order valence-corrected chi connectivity index (χ0v) is 13.2. The molecule has 0 fully saturated rings. The van der Waals surface area contributed by atoms with Crippen molar-refractivity contribution in [2.45, 2.75) is 13.8 Å². The van der Waals surface area contributed by atoms with Crippen molar-refractivity contribution in [3.05, 3.63) is 38.7 Å². The molecule has 0 spiro atoms.